The first-order valence-electron chi connectivity index (χ1n) is 9.82. The second-order valence-corrected chi connectivity index (χ2v) is 7.37. The van der Waals surface area contributed by atoms with Gasteiger partial charge in [-0.25, -0.2) is 8.78 Å². The molecule has 0 aliphatic heterocycles. The first-order valence-corrected chi connectivity index (χ1v) is 9.82. The Kier molecular flexibility index (Phi) is 6.24. The van der Waals surface area contributed by atoms with Crippen molar-refractivity contribution >= 4 is 0 Å². The van der Waals surface area contributed by atoms with Gasteiger partial charge in [-0.2, -0.15) is 0 Å². The maximum atomic E-state index is 14.7. The van der Waals surface area contributed by atoms with Gasteiger partial charge in [-0.05, 0) is 85.8 Å². The number of rotatable bonds is 6. The third-order valence-corrected chi connectivity index (χ3v) is 5.42. The van der Waals surface area contributed by atoms with E-state index in [1.165, 1.54) is 28.8 Å². The van der Waals surface area contributed by atoms with Crippen molar-refractivity contribution in [3.63, 3.8) is 0 Å². The molecule has 2 aromatic carbocycles. The maximum Gasteiger partial charge on any atom is 0.129 e. The predicted octanol–water partition coefficient (Wildman–Crippen LogP) is 6.70. The monoisotopic (exact) mass is 354 g/mol. The molecule has 0 N–H and O–H groups in total. The zero-order valence-electron chi connectivity index (χ0n) is 15.8. The minimum absolute atomic E-state index is 0.0656. The van der Waals surface area contributed by atoms with Gasteiger partial charge in [-0.15, -0.1) is 0 Å². The Labute approximate surface area is 156 Å². The van der Waals surface area contributed by atoms with Crippen LogP contribution in [0.1, 0.15) is 66.8 Å². The van der Waals surface area contributed by atoms with Crippen molar-refractivity contribution in [2.24, 2.45) is 0 Å². The molecule has 1 atom stereocenters. The third-order valence-electron chi connectivity index (χ3n) is 5.42. The highest BCUT2D eigenvalue weighted by atomic mass is 19.1. The summed E-state index contributed by atoms with van der Waals surface area (Å²) in [4.78, 5) is 0. The normalized spacial score (nSPS) is 16.8. The van der Waals surface area contributed by atoms with Crippen molar-refractivity contribution < 1.29 is 8.78 Å². The summed E-state index contributed by atoms with van der Waals surface area (Å²) in [5.74, 6) is -0.822. The van der Waals surface area contributed by atoms with Crippen LogP contribution in [0.2, 0.25) is 0 Å². The number of halogens is 2. The summed E-state index contributed by atoms with van der Waals surface area (Å²) in [6, 6.07) is 9.67. The summed E-state index contributed by atoms with van der Waals surface area (Å²) in [5.41, 5.74) is 4.99. The molecule has 2 aromatic rings. The quantitative estimate of drug-likeness (QED) is 0.506. The van der Waals surface area contributed by atoms with Crippen molar-refractivity contribution in [3.05, 3.63) is 81.9 Å². The number of hydrogen-bond donors (Lipinski definition) is 0. The molecule has 1 unspecified atom stereocenters. The molecule has 3 rings (SSSR count). The summed E-state index contributed by atoms with van der Waals surface area (Å²) in [5, 5.41) is 0. The molecule has 0 saturated heterocycles. The number of benzene rings is 2. The average molecular weight is 354 g/mol. The van der Waals surface area contributed by atoms with Gasteiger partial charge in [-0.1, -0.05) is 43.7 Å². The van der Waals surface area contributed by atoms with Crippen molar-refractivity contribution in [2.45, 2.75) is 64.7 Å². The molecule has 0 amide bonds. The Bertz CT molecular complexity index is 766. The van der Waals surface area contributed by atoms with Gasteiger partial charge in [0.25, 0.3) is 0 Å². The zero-order chi connectivity index (χ0) is 18.5. The van der Waals surface area contributed by atoms with Crippen LogP contribution in [0.5, 0.6) is 0 Å². The number of aryl methyl sites for hydroxylation is 3. The Morgan fingerprint density at radius 3 is 2.46 bits per heavy atom. The molecule has 26 heavy (non-hydrogen) atoms. The Morgan fingerprint density at radius 2 is 1.77 bits per heavy atom. The maximum absolute atomic E-state index is 14.7. The molecule has 0 saturated carbocycles. The molecular formula is C24H28F2. The first-order chi connectivity index (χ1) is 12.6. The molecule has 0 heterocycles. The van der Waals surface area contributed by atoms with Crippen LogP contribution in [-0.4, -0.2) is 0 Å². The minimum atomic E-state index is -0.378. The van der Waals surface area contributed by atoms with E-state index in [1.807, 2.05) is 19.1 Å². The fourth-order valence-corrected chi connectivity index (χ4v) is 4.09. The van der Waals surface area contributed by atoms with Crippen molar-refractivity contribution in [3.8, 4) is 0 Å². The van der Waals surface area contributed by atoms with Gasteiger partial charge in [0.1, 0.15) is 11.6 Å². The van der Waals surface area contributed by atoms with Gasteiger partial charge in [0.2, 0.25) is 0 Å². The van der Waals surface area contributed by atoms with E-state index in [9.17, 15) is 8.78 Å². The van der Waals surface area contributed by atoms with Crippen LogP contribution in [-0.2, 0) is 25.7 Å². The van der Waals surface area contributed by atoms with Gasteiger partial charge in [0, 0.05) is 5.56 Å². The minimum Gasteiger partial charge on any atom is -0.207 e. The van der Waals surface area contributed by atoms with E-state index < -0.39 is 0 Å². The molecular weight excluding hydrogens is 326 g/mol. The van der Waals surface area contributed by atoms with Crippen LogP contribution in [0.3, 0.4) is 0 Å². The first kappa shape index (κ1) is 18.8. The lowest BCUT2D eigenvalue weighted by molar-refractivity contribution is 0.489. The van der Waals surface area contributed by atoms with Gasteiger partial charge < -0.3 is 0 Å². The Hall–Kier alpha value is -1.96. The summed E-state index contributed by atoms with van der Waals surface area (Å²) in [6.45, 7) is 4.14. The molecule has 0 bridgehead atoms. The van der Waals surface area contributed by atoms with Crippen LogP contribution in [0.15, 0.2) is 42.5 Å². The van der Waals surface area contributed by atoms with Crippen LogP contribution >= 0.6 is 0 Å². The fraction of sp³-hybridized carbons (Fsp3) is 0.417. The lowest BCUT2D eigenvalue weighted by Gasteiger charge is -2.26. The molecule has 0 spiro atoms. The van der Waals surface area contributed by atoms with E-state index in [1.54, 1.807) is 0 Å². The van der Waals surface area contributed by atoms with Crippen molar-refractivity contribution in [1.29, 1.82) is 0 Å². The van der Waals surface area contributed by atoms with E-state index in [-0.39, 0.29) is 23.1 Å². The second-order valence-electron chi connectivity index (χ2n) is 7.37. The number of fused-ring (bicyclic) bond motifs is 1. The summed E-state index contributed by atoms with van der Waals surface area (Å²) in [7, 11) is 0. The highest BCUT2D eigenvalue weighted by Crippen LogP contribution is 2.36. The fourth-order valence-electron chi connectivity index (χ4n) is 4.09. The van der Waals surface area contributed by atoms with Crippen LogP contribution < -0.4 is 0 Å². The lowest BCUT2D eigenvalue weighted by Crippen LogP contribution is -2.16. The highest BCUT2D eigenvalue weighted by Gasteiger charge is 2.26. The highest BCUT2D eigenvalue weighted by molar-refractivity contribution is 5.38. The van der Waals surface area contributed by atoms with Gasteiger partial charge >= 0.3 is 0 Å². The molecule has 0 radical (unpaired) electrons. The number of hydrogen-bond acceptors (Lipinski definition) is 0. The average Bonchev–Trinajstić information content (AvgIpc) is 2.62. The van der Waals surface area contributed by atoms with E-state index in [0.717, 1.165) is 44.1 Å². The van der Waals surface area contributed by atoms with Crippen molar-refractivity contribution in [2.75, 3.05) is 0 Å². The lowest BCUT2D eigenvalue weighted by atomic mass is 9.79. The summed E-state index contributed by atoms with van der Waals surface area (Å²) < 4.78 is 29.4. The Morgan fingerprint density at radius 1 is 1.00 bits per heavy atom. The topological polar surface area (TPSA) is 0 Å². The predicted molar refractivity (Wildman–Crippen MR) is 105 cm³/mol. The van der Waals surface area contributed by atoms with Gasteiger partial charge in [0.05, 0.1) is 0 Å². The summed E-state index contributed by atoms with van der Waals surface area (Å²) in [6.07, 6.45) is 10.1. The standard InChI is InChI=1S/C24H28F2/c1-3-5-6-8-18-14-22(25)24(23(26)15-18)21-12-11-19-13-17(7-4-2)9-10-20(19)16-21/h3,5,9-10,13-15,21H,4,6-8,11-12,16H2,1-2H3/b5-3+. The molecule has 2 heteroatoms. The van der Waals surface area contributed by atoms with Crippen LogP contribution in [0.4, 0.5) is 8.78 Å². The Balaban J connectivity index is 1.79. The van der Waals surface area contributed by atoms with E-state index in [4.69, 9.17) is 0 Å². The van der Waals surface area contributed by atoms with Gasteiger partial charge in [0.15, 0.2) is 0 Å². The van der Waals surface area contributed by atoms with Crippen LogP contribution in [0, 0.1) is 11.6 Å². The SMILES string of the molecule is C/C=C/CCc1cc(F)c(C2CCc3cc(CCC)ccc3C2)c(F)c1. The third kappa shape index (κ3) is 4.23. The molecule has 0 nitrogen and oxygen atoms in total. The van der Waals surface area contributed by atoms with Crippen LogP contribution in [0.25, 0.3) is 0 Å². The molecule has 1 aliphatic carbocycles. The molecule has 1 aliphatic rings. The smallest absolute Gasteiger partial charge is 0.129 e. The molecule has 138 valence electrons. The largest absolute Gasteiger partial charge is 0.207 e. The summed E-state index contributed by atoms with van der Waals surface area (Å²) >= 11 is 0. The molecule has 0 fully saturated rings. The second kappa shape index (κ2) is 8.62. The molecule has 0 aromatic heterocycles. The van der Waals surface area contributed by atoms with E-state index in [2.05, 4.69) is 25.1 Å². The zero-order valence-corrected chi connectivity index (χ0v) is 15.8. The number of allylic oxidation sites excluding steroid dienone is 2. The van der Waals surface area contributed by atoms with E-state index in [0.29, 0.717) is 6.42 Å². The van der Waals surface area contributed by atoms with E-state index >= 15 is 0 Å². The van der Waals surface area contributed by atoms with Crippen molar-refractivity contribution in [1.82, 2.24) is 0 Å². The van der Waals surface area contributed by atoms with Gasteiger partial charge in [-0.3, -0.25) is 0 Å².